The summed E-state index contributed by atoms with van der Waals surface area (Å²) in [5.41, 5.74) is 1.97. The number of nitrogens with one attached hydrogen (secondary N) is 2. The molecule has 2 aromatic heterocycles. The predicted molar refractivity (Wildman–Crippen MR) is 106 cm³/mol. The maximum atomic E-state index is 12.5. The van der Waals surface area contributed by atoms with Crippen molar-refractivity contribution in [2.24, 2.45) is 11.8 Å². The molecule has 2 unspecified atom stereocenters. The largest absolute Gasteiger partial charge is 0.326 e. The van der Waals surface area contributed by atoms with Crippen LogP contribution < -0.4 is 10.6 Å². The summed E-state index contributed by atoms with van der Waals surface area (Å²) in [6.45, 7) is 2.58. The summed E-state index contributed by atoms with van der Waals surface area (Å²) >= 11 is 0. The minimum absolute atomic E-state index is 0.0123. The lowest BCUT2D eigenvalue weighted by Crippen LogP contribution is -2.16. The van der Waals surface area contributed by atoms with Crippen molar-refractivity contribution in [2.75, 3.05) is 10.6 Å². The van der Waals surface area contributed by atoms with Crippen LogP contribution in [0.15, 0.2) is 60.9 Å². The Morgan fingerprint density at radius 3 is 2.75 bits per heavy atom. The number of carbonyl (C=O) groups excluding carboxylic acids is 2. The molecule has 7 heteroatoms. The van der Waals surface area contributed by atoms with Crippen LogP contribution in [-0.2, 0) is 11.3 Å². The Kier molecular flexibility index (Phi) is 4.89. The number of nitrogens with zero attached hydrogens (tertiary/aromatic N) is 3. The number of aromatic nitrogens is 3. The highest BCUT2D eigenvalue weighted by molar-refractivity contribution is 6.05. The molecule has 2 heterocycles. The molecule has 0 aliphatic heterocycles. The van der Waals surface area contributed by atoms with Gasteiger partial charge in [-0.05, 0) is 42.7 Å². The van der Waals surface area contributed by atoms with E-state index in [9.17, 15) is 9.59 Å². The monoisotopic (exact) mass is 375 g/mol. The number of pyridine rings is 1. The van der Waals surface area contributed by atoms with E-state index in [1.807, 2.05) is 18.2 Å². The van der Waals surface area contributed by atoms with E-state index in [-0.39, 0.29) is 17.7 Å². The normalized spacial score (nSPS) is 17.8. The molecule has 1 saturated carbocycles. The fraction of sp³-hybridized carbons (Fsp3) is 0.238. The minimum atomic E-state index is -0.279. The van der Waals surface area contributed by atoms with E-state index in [0.717, 1.165) is 12.1 Å². The van der Waals surface area contributed by atoms with Gasteiger partial charge in [-0.25, -0.2) is 0 Å². The Hall–Kier alpha value is -3.48. The van der Waals surface area contributed by atoms with Crippen molar-refractivity contribution in [1.82, 2.24) is 14.8 Å². The molecular weight excluding hydrogens is 354 g/mol. The Morgan fingerprint density at radius 1 is 1.14 bits per heavy atom. The lowest BCUT2D eigenvalue weighted by molar-refractivity contribution is -0.117. The summed E-state index contributed by atoms with van der Waals surface area (Å²) in [5, 5.41) is 10.0. The van der Waals surface area contributed by atoms with Crippen LogP contribution >= 0.6 is 0 Å². The van der Waals surface area contributed by atoms with E-state index in [1.54, 1.807) is 47.4 Å². The topological polar surface area (TPSA) is 88.9 Å². The number of benzene rings is 1. The molecule has 0 spiro atoms. The van der Waals surface area contributed by atoms with Gasteiger partial charge in [-0.3, -0.25) is 19.3 Å². The van der Waals surface area contributed by atoms with Gasteiger partial charge in [0.2, 0.25) is 5.91 Å². The van der Waals surface area contributed by atoms with Crippen molar-refractivity contribution in [2.45, 2.75) is 19.9 Å². The van der Waals surface area contributed by atoms with Crippen LogP contribution in [0.25, 0.3) is 0 Å². The van der Waals surface area contributed by atoms with E-state index in [0.29, 0.717) is 29.5 Å². The fourth-order valence-electron chi connectivity index (χ4n) is 3.02. The molecule has 2 N–H and O–H groups in total. The molecule has 0 saturated heterocycles. The lowest BCUT2D eigenvalue weighted by atomic mass is 10.2. The first kappa shape index (κ1) is 17.9. The first-order chi connectivity index (χ1) is 13.6. The van der Waals surface area contributed by atoms with Crippen LogP contribution in [0.2, 0.25) is 0 Å². The van der Waals surface area contributed by atoms with Gasteiger partial charge in [-0.15, -0.1) is 0 Å². The van der Waals surface area contributed by atoms with Crippen LogP contribution in [0.3, 0.4) is 0 Å². The van der Waals surface area contributed by atoms with E-state index < -0.39 is 0 Å². The highest BCUT2D eigenvalue weighted by atomic mass is 16.2. The Labute approximate surface area is 162 Å². The molecule has 0 bridgehead atoms. The number of amides is 2. The molecule has 28 heavy (non-hydrogen) atoms. The second-order valence-electron chi connectivity index (χ2n) is 7.06. The van der Waals surface area contributed by atoms with Crippen molar-refractivity contribution in [1.29, 1.82) is 0 Å². The van der Waals surface area contributed by atoms with E-state index in [4.69, 9.17) is 0 Å². The molecule has 1 aliphatic carbocycles. The third-order valence-corrected chi connectivity index (χ3v) is 4.77. The molecule has 4 rings (SSSR count). The zero-order valence-corrected chi connectivity index (χ0v) is 15.5. The molecule has 1 aromatic carbocycles. The van der Waals surface area contributed by atoms with Gasteiger partial charge in [-0.1, -0.05) is 19.1 Å². The van der Waals surface area contributed by atoms with Crippen LogP contribution in [-0.4, -0.2) is 26.6 Å². The number of hydrogen-bond acceptors (Lipinski definition) is 4. The van der Waals surface area contributed by atoms with Crippen molar-refractivity contribution < 1.29 is 9.59 Å². The Morgan fingerprint density at radius 2 is 2.00 bits per heavy atom. The Bertz CT molecular complexity index is 999. The van der Waals surface area contributed by atoms with E-state index in [1.165, 1.54) is 0 Å². The van der Waals surface area contributed by atoms with Crippen LogP contribution in [0.1, 0.15) is 29.4 Å². The molecule has 2 amide bonds. The SMILES string of the molecule is CC1CC1C(=O)Nc1cccc(C(=O)Nc2ccn(Cc3ccccn3)n2)c1. The quantitative estimate of drug-likeness (QED) is 0.693. The maximum Gasteiger partial charge on any atom is 0.256 e. The number of carbonyl (C=O) groups is 2. The average molecular weight is 375 g/mol. The smallest absolute Gasteiger partial charge is 0.256 e. The van der Waals surface area contributed by atoms with Crippen molar-refractivity contribution in [3.63, 3.8) is 0 Å². The molecule has 1 fully saturated rings. The van der Waals surface area contributed by atoms with Gasteiger partial charge in [0.15, 0.2) is 5.82 Å². The number of rotatable bonds is 6. The highest BCUT2D eigenvalue weighted by Gasteiger charge is 2.39. The molecule has 3 aromatic rings. The van der Waals surface area contributed by atoms with Gasteiger partial charge in [0.25, 0.3) is 5.91 Å². The summed E-state index contributed by atoms with van der Waals surface area (Å²) in [6.07, 6.45) is 4.45. The summed E-state index contributed by atoms with van der Waals surface area (Å²) in [7, 11) is 0. The van der Waals surface area contributed by atoms with Gasteiger partial charge in [0, 0.05) is 35.6 Å². The van der Waals surface area contributed by atoms with Crippen LogP contribution in [0.4, 0.5) is 11.5 Å². The van der Waals surface area contributed by atoms with Gasteiger partial charge < -0.3 is 10.6 Å². The molecule has 1 aliphatic rings. The fourth-order valence-corrected chi connectivity index (χ4v) is 3.02. The average Bonchev–Trinajstić information content (AvgIpc) is 3.28. The molecule has 7 nitrogen and oxygen atoms in total. The highest BCUT2D eigenvalue weighted by Crippen LogP contribution is 2.38. The zero-order valence-electron chi connectivity index (χ0n) is 15.5. The van der Waals surface area contributed by atoms with Gasteiger partial charge in [-0.2, -0.15) is 5.10 Å². The van der Waals surface area contributed by atoms with Crippen molar-refractivity contribution >= 4 is 23.3 Å². The summed E-state index contributed by atoms with van der Waals surface area (Å²) in [6, 6.07) is 14.3. The lowest BCUT2D eigenvalue weighted by Gasteiger charge is -2.07. The standard InChI is InChI=1S/C21H21N5O2/c1-14-11-18(14)21(28)23-16-7-4-5-15(12-16)20(27)24-19-8-10-26(25-19)13-17-6-2-3-9-22-17/h2-10,12,14,18H,11,13H2,1H3,(H,23,28)(H,24,25,27). The van der Waals surface area contributed by atoms with E-state index >= 15 is 0 Å². The molecule has 0 radical (unpaired) electrons. The van der Waals surface area contributed by atoms with Crippen molar-refractivity contribution in [3.8, 4) is 0 Å². The minimum Gasteiger partial charge on any atom is -0.326 e. The van der Waals surface area contributed by atoms with Gasteiger partial charge in [0.05, 0.1) is 12.2 Å². The molecule has 142 valence electrons. The summed E-state index contributed by atoms with van der Waals surface area (Å²) < 4.78 is 1.71. The first-order valence-electron chi connectivity index (χ1n) is 9.24. The van der Waals surface area contributed by atoms with E-state index in [2.05, 4.69) is 27.6 Å². The predicted octanol–water partition coefficient (Wildman–Crippen LogP) is 3.17. The third kappa shape index (κ3) is 4.25. The van der Waals surface area contributed by atoms with Crippen molar-refractivity contribution in [3.05, 3.63) is 72.2 Å². The van der Waals surface area contributed by atoms with Crippen LogP contribution in [0, 0.1) is 11.8 Å². The second-order valence-corrected chi connectivity index (χ2v) is 7.06. The summed E-state index contributed by atoms with van der Waals surface area (Å²) in [4.78, 5) is 28.9. The first-order valence-corrected chi connectivity index (χ1v) is 9.24. The zero-order chi connectivity index (χ0) is 19.5. The van der Waals surface area contributed by atoms with Gasteiger partial charge in [0.1, 0.15) is 0 Å². The second kappa shape index (κ2) is 7.64. The van der Waals surface area contributed by atoms with Gasteiger partial charge >= 0.3 is 0 Å². The molecule has 2 atom stereocenters. The maximum absolute atomic E-state index is 12.5. The third-order valence-electron chi connectivity index (χ3n) is 4.77. The Balaban J connectivity index is 1.38. The number of anilines is 2. The summed E-state index contributed by atoms with van der Waals surface area (Å²) in [5.74, 6) is 0.715. The van der Waals surface area contributed by atoms with Crippen LogP contribution in [0.5, 0.6) is 0 Å². The molecular formula is C21H21N5O2. The number of hydrogen-bond donors (Lipinski definition) is 2.